The van der Waals surface area contributed by atoms with E-state index in [0.29, 0.717) is 17.3 Å². The van der Waals surface area contributed by atoms with E-state index in [9.17, 15) is 4.79 Å². The standard InChI is InChI=1S/C24H23Cl2NO.C2H4/c1-17-8-3-4-9-20(17)23-11-7-12-24-21(16-19(28)13-15-27(23)24)18(2)22(26)10-5-6-14-25;1-2/h3-13,15,18H,14,16H2,1-2H3;1-2H2/b6-5-,22-10+;. The molecule has 1 atom stereocenters. The number of rotatable bonds is 5. The second-order valence-electron chi connectivity index (χ2n) is 6.82. The predicted octanol–water partition coefficient (Wildman–Crippen LogP) is 7.30. The second kappa shape index (κ2) is 11.6. The zero-order valence-electron chi connectivity index (χ0n) is 17.4. The molecule has 1 unspecified atom stereocenters. The molecule has 0 N–H and O–H groups in total. The quantitative estimate of drug-likeness (QED) is 0.272. The number of carbonyl (C=O) groups excluding carboxylic acids is 1. The van der Waals surface area contributed by atoms with Gasteiger partial charge in [-0.05, 0) is 42.4 Å². The number of benzene rings is 1. The van der Waals surface area contributed by atoms with Crippen molar-refractivity contribution < 1.29 is 4.79 Å². The molecule has 2 aliphatic heterocycles. The number of alkyl halides is 1. The van der Waals surface area contributed by atoms with Crippen molar-refractivity contribution >= 4 is 34.7 Å². The van der Waals surface area contributed by atoms with Crippen LogP contribution in [0.4, 0.5) is 0 Å². The van der Waals surface area contributed by atoms with E-state index in [1.54, 1.807) is 6.08 Å². The lowest BCUT2D eigenvalue weighted by atomic mass is 9.91. The first-order chi connectivity index (χ1) is 14.5. The van der Waals surface area contributed by atoms with Gasteiger partial charge in [0.2, 0.25) is 0 Å². The second-order valence-corrected chi connectivity index (χ2v) is 7.57. The van der Waals surface area contributed by atoms with E-state index in [4.69, 9.17) is 23.2 Å². The van der Waals surface area contributed by atoms with Gasteiger partial charge in [0.1, 0.15) is 0 Å². The Bertz CT molecular complexity index is 963. The Balaban J connectivity index is 0.00000155. The molecule has 0 fully saturated rings. The number of hydrogen-bond acceptors (Lipinski definition) is 2. The van der Waals surface area contributed by atoms with Crippen molar-refractivity contribution in [3.63, 3.8) is 0 Å². The van der Waals surface area contributed by atoms with Crippen LogP contribution in [0.5, 0.6) is 0 Å². The summed E-state index contributed by atoms with van der Waals surface area (Å²) in [7, 11) is 0. The summed E-state index contributed by atoms with van der Waals surface area (Å²) in [6.45, 7) is 10.1. The van der Waals surface area contributed by atoms with Crippen molar-refractivity contribution in [3.05, 3.63) is 114 Å². The molecule has 0 saturated heterocycles. The van der Waals surface area contributed by atoms with Crippen molar-refractivity contribution in [1.82, 2.24) is 4.90 Å². The largest absolute Gasteiger partial charge is 0.316 e. The summed E-state index contributed by atoms with van der Waals surface area (Å²) in [6, 6.07) is 8.26. The van der Waals surface area contributed by atoms with Gasteiger partial charge >= 0.3 is 0 Å². The van der Waals surface area contributed by atoms with Crippen molar-refractivity contribution in [2.24, 2.45) is 5.92 Å². The van der Waals surface area contributed by atoms with Gasteiger partial charge in [0.05, 0.1) is 5.70 Å². The third kappa shape index (κ3) is 5.53. The highest BCUT2D eigenvalue weighted by Gasteiger charge is 2.26. The van der Waals surface area contributed by atoms with Crippen LogP contribution in [0, 0.1) is 12.8 Å². The monoisotopic (exact) mass is 439 g/mol. The van der Waals surface area contributed by atoms with E-state index >= 15 is 0 Å². The Hall–Kier alpha value is -2.55. The van der Waals surface area contributed by atoms with Crippen LogP contribution in [0.3, 0.4) is 0 Å². The lowest BCUT2D eigenvalue weighted by Crippen LogP contribution is -2.19. The van der Waals surface area contributed by atoms with E-state index < -0.39 is 0 Å². The predicted molar refractivity (Wildman–Crippen MR) is 130 cm³/mol. The number of carbonyl (C=O) groups is 1. The Morgan fingerprint density at radius 1 is 1.27 bits per heavy atom. The number of fused-ring (bicyclic) bond motifs is 1. The first-order valence-corrected chi connectivity index (χ1v) is 10.7. The van der Waals surface area contributed by atoms with E-state index in [1.165, 1.54) is 5.56 Å². The molecule has 30 heavy (non-hydrogen) atoms. The zero-order chi connectivity index (χ0) is 22.1. The zero-order valence-corrected chi connectivity index (χ0v) is 19.0. The Labute approximate surface area is 189 Å². The molecular formula is C26H27Cl2NO. The number of aryl methyl sites for hydroxylation is 1. The maximum absolute atomic E-state index is 12.4. The number of halogens is 2. The van der Waals surface area contributed by atoms with Crippen LogP contribution in [0.2, 0.25) is 0 Å². The summed E-state index contributed by atoms with van der Waals surface area (Å²) in [6.07, 6.45) is 15.6. The Morgan fingerprint density at radius 3 is 2.70 bits per heavy atom. The van der Waals surface area contributed by atoms with E-state index in [0.717, 1.165) is 22.5 Å². The minimum atomic E-state index is -0.0798. The Kier molecular flexibility index (Phi) is 9.16. The molecule has 0 bridgehead atoms. The lowest BCUT2D eigenvalue weighted by molar-refractivity contribution is -0.114. The molecule has 0 saturated carbocycles. The fourth-order valence-corrected chi connectivity index (χ4v) is 3.72. The minimum Gasteiger partial charge on any atom is -0.316 e. The maximum atomic E-state index is 12.4. The minimum absolute atomic E-state index is 0.0713. The maximum Gasteiger partial charge on any atom is 0.161 e. The molecule has 0 aliphatic carbocycles. The van der Waals surface area contributed by atoms with Gasteiger partial charge in [-0.3, -0.25) is 4.79 Å². The molecule has 2 heterocycles. The number of nitrogens with zero attached hydrogens (tertiary/aromatic N) is 1. The molecule has 1 aromatic rings. The smallest absolute Gasteiger partial charge is 0.161 e. The molecule has 0 spiro atoms. The molecule has 2 aliphatic rings. The third-order valence-corrected chi connectivity index (χ3v) is 5.60. The van der Waals surface area contributed by atoms with Gasteiger partial charge in [-0.1, -0.05) is 61.0 Å². The van der Waals surface area contributed by atoms with Gasteiger partial charge in [0.15, 0.2) is 5.78 Å². The van der Waals surface area contributed by atoms with Crippen LogP contribution in [0.25, 0.3) is 5.70 Å². The van der Waals surface area contributed by atoms with Crippen molar-refractivity contribution in [2.75, 3.05) is 5.88 Å². The van der Waals surface area contributed by atoms with Gasteiger partial charge < -0.3 is 4.90 Å². The highest BCUT2D eigenvalue weighted by molar-refractivity contribution is 6.30. The van der Waals surface area contributed by atoms with Gasteiger partial charge in [-0.2, -0.15) is 0 Å². The molecule has 1 aromatic carbocycles. The summed E-state index contributed by atoms with van der Waals surface area (Å²) < 4.78 is 0. The fourth-order valence-electron chi connectivity index (χ4n) is 3.41. The molecule has 0 radical (unpaired) electrons. The van der Waals surface area contributed by atoms with Crippen LogP contribution >= 0.6 is 23.2 Å². The van der Waals surface area contributed by atoms with Crippen molar-refractivity contribution in [2.45, 2.75) is 20.3 Å². The van der Waals surface area contributed by atoms with Gasteiger partial charge in [-0.25, -0.2) is 0 Å². The first-order valence-electron chi connectivity index (χ1n) is 9.78. The van der Waals surface area contributed by atoms with E-state index in [2.05, 4.69) is 49.3 Å². The summed E-state index contributed by atoms with van der Waals surface area (Å²) >= 11 is 12.2. The summed E-state index contributed by atoms with van der Waals surface area (Å²) in [5.41, 5.74) is 5.38. The van der Waals surface area contributed by atoms with Gasteiger partial charge in [-0.15, -0.1) is 24.8 Å². The van der Waals surface area contributed by atoms with Gasteiger partial charge in [0.25, 0.3) is 0 Å². The fraction of sp³-hybridized carbons (Fsp3) is 0.192. The topological polar surface area (TPSA) is 20.3 Å². The Morgan fingerprint density at radius 2 is 2.00 bits per heavy atom. The highest BCUT2D eigenvalue weighted by atomic mass is 35.5. The molecule has 3 rings (SSSR count). The van der Waals surface area contributed by atoms with Crippen LogP contribution in [0.15, 0.2) is 102 Å². The number of allylic oxidation sites excluding steroid dienone is 9. The van der Waals surface area contributed by atoms with Crippen molar-refractivity contribution in [3.8, 4) is 0 Å². The average molecular weight is 440 g/mol. The van der Waals surface area contributed by atoms with Crippen LogP contribution < -0.4 is 0 Å². The first kappa shape index (κ1) is 23.7. The summed E-state index contributed by atoms with van der Waals surface area (Å²) in [4.78, 5) is 14.5. The van der Waals surface area contributed by atoms with Crippen molar-refractivity contribution in [1.29, 1.82) is 0 Å². The number of hydrogen-bond donors (Lipinski definition) is 0. The van der Waals surface area contributed by atoms with Crippen LogP contribution in [-0.4, -0.2) is 16.6 Å². The summed E-state index contributed by atoms with van der Waals surface area (Å²) in [5, 5.41) is 0.680. The van der Waals surface area contributed by atoms with Gasteiger partial charge in [0, 0.05) is 40.7 Å². The van der Waals surface area contributed by atoms with Crippen LogP contribution in [-0.2, 0) is 4.79 Å². The molecule has 156 valence electrons. The molecular weight excluding hydrogens is 413 g/mol. The third-order valence-electron chi connectivity index (χ3n) is 4.97. The molecule has 0 amide bonds. The SMILES string of the molecule is C=C.Cc1ccccc1C1=CC=CC2=C(C(C)/C(Cl)=C\C=C/CCl)CC(=O)C=CN12. The molecule has 0 aromatic heterocycles. The van der Waals surface area contributed by atoms with E-state index in [-0.39, 0.29) is 11.7 Å². The molecule has 2 nitrogen and oxygen atoms in total. The number of ketones is 1. The lowest BCUT2D eigenvalue weighted by Gasteiger charge is -2.30. The molecule has 4 heteroatoms. The van der Waals surface area contributed by atoms with Crippen LogP contribution in [0.1, 0.15) is 24.5 Å². The average Bonchev–Trinajstić information content (AvgIpc) is 2.94. The highest BCUT2D eigenvalue weighted by Crippen LogP contribution is 2.38. The summed E-state index contributed by atoms with van der Waals surface area (Å²) in [5.74, 6) is 0.429. The van der Waals surface area contributed by atoms with E-state index in [1.807, 2.05) is 49.6 Å². The normalized spacial score (nSPS) is 17.3.